The van der Waals surface area contributed by atoms with E-state index in [1.807, 2.05) is 0 Å². The first-order chi connectivity index (χ1) is 11.6. The zero-order valence-electron chi connectivity index (χ0n) is 13.7. The van der Waals surface area contributed by atoms with Crippen LogP contribution in [0.5, 0.6) is 0 Å². The van der Waals surface area contributed by atoms with Crippen LogP contribution < -0.4 is 11.1 Å². The van der Waals surface area contributed by atoms with Gasteiger partial charge in [0.25, 0.3) is 0 Å². The maximum absolute atomic E-state index is 13.9. The Hall–Kier alpha value is -1.11. The average molecular weight is 342 g/mol. The lowest BCUT2D eigenvalue weighted by molar-refractivity contribution is 0.00581. The van der Waals surface area contributed by atoms with Crippen LogP contribution >= 0.6 is 0 Å². The molecule has 0 bridgehead atoms. The third kappa shape index (κ3) is 3.92. The molecule has 3 rings (SSSR count). The minimum absolute atomic E-state index is 0.0804. The first-order valence-corrected chi connectivity index (χ1v) is 8.80. The van der Waals surface area contributed by atoms with Crippen molar-refractivity contribution in [3.05, 3.63) is 35.1 Å². The van der Waals surface area contributed by atoms with E-state index in [1.54, 1.807) is 0 Å². The highest BCUT2D eigenvalue weighted by molar-refractivity contribution is 5.25. The van der Waals surface area contributed by atoms with Crippen molar-refractivity contribution in [1.82, 2.24) is 5.32 Å². The summed E-state index contributed by atoms with van der Waals surface area (Å²) in [6.07, 6.45) is 4.83. The summed E-state index contributed by atoms with van der Waals surface area (Å²) in [6.45, 7) is 1.53. The summed E-state index contributed by atoms with van der Waals surface area (Å²) in [7, 11) is 0. The molecule has 24 heavy (non-hydrogen) atoms. The SMILES string of the molecule is NC1CCCN[C@H]1COC1CCC(c2c(F)ccc(F)c2F)CC1. The highest BCUT2D eigenvalue weighted by Gasteiger charge is 2.29. The molecule has 1 saturated carbocycles. The molecule has 1 aromatic carbocycles. The van der Waals surface area contributed by atoms with Crippen molar-refractivity contribution in [2.24, 2.45) is 5.73 Å². The molecule has 1 heterocycles. The number of nitrogens with two attached hydrogens (primary N) is 1. The minimum atomic E-state index is -1.04. The van der Waals surface area contributed by atoms with E-state index in [4.69, 9.17) is 10.5 Å². The lowest BCUT2D eigenvalue weighted by atomic mass is 9.82. The van der Waals surface area contributed by atoms with E-state index >= 15 is 0 Å². The molecule has 6 heteroatoms. The molecule has 2 aliphatic rings. The molecular weight excluding hydrogens is 317 g/mol. The maximum atomic E-state index is 13.9. The second-order valence-electron chi connectivity index (χ2n) is 6.93. The van der Waals surface area contributed by atoms with Crippen LogP contribution in [0.2, 0.25) is 0 Å². The van der Waals surface area contributed by atoms with Crippen molar-refractivity contribution in [2.75, 3.05) is 13.2 Å². The zero-order valence-corrected chi connectivity index (χ0v) is 13.7. The highest BCUT2D eigenvalue weighted by Crippen LogP contribution is 2.37. The third-order valence-corrected chi connectivity index (χ3v) is 5.31. The van der Waals surface area contributed by atoms with E-state index < -0.39 is 17.5 Å². The topological polar surface area (TPSA) is 47.3 Å². The monoisotopic (exact) mass is 342 g/mol. The van der Waals surface area contributed by atoms with Crippen LogP contribution in [-0.2, 0) is 4.74 Å². The number of hydrogen-bond acceptors (Lipinski definition) is 3. The molecule has 1 saturated heterocycles. The molecule has 1 aliphatic heterocycles. The van der Waals surface area contributed by atoms with E-state index in [1.165, 1.54) is 0 Å². The Morgan fingerprint density at radius 3 is 2.46 bits per heavy atom. The Morgan fingerprint density at radius 1 is 1.04 bits per heavy atom. The molecule has 1 aliphatic carbocycles. The summed E-state index contributed by atoms with van der Waals surface area (Å²) >= 11 is 0. The Morgan fingerprint density at radius 2 is 1.75 bits per heavy atom. The van der Waals surface area contributed by atoms with Gasteiger partial charge < -0.3 is 15.8 Å². The summed E-state index contributed by atoms with van der Waals surface area (Å²) in [6, 6.07) is 2.13. The predicted molar refractivity (Wildman–Crippen MR) is 86.3 cm³/mol. The van der Waals surface area contributed by atoms with Gasteiger partial charge >= 0.3 is 0 Å². The van der Waals surface area contributed by atoms with Gasteiger partial charge in [0, 0.05) is 17.6 Å². The standard InChI is InChI=1S/C18H25F3N2O/c19-13-7-8-14(20)18(21)17(13)11-3-5-12(6-4-11)24-10-16-15(22)2-1-9-23-16/h7-8,11-12,15-16,23H,1-6,9-10,22H2/t11?,12?,15?,16-/m0/s1. The molecule has 0 aromatic heterocycles. The van der Waals surface area contributed by atoms with Gasteiger partial charge in [0.1, 0.15) is 5.82 Å². The van der Waals surface area contributed by atoms with Crippen molar-refractivity contribution in [3.63, 3.8) is 0 Å². The van der Waals surface area contributed by atoms with Crippen LogP contribution in [0.4, 0.5) is 13.2 Å². The summed E-state index contributed by atoms with van der Waals surface area (Å²) in [5, 5.41) is 3.37. The smallest absolute Gasteiger partial charge is 0.165 e. The van der Waals surface area contributed by atoms with Gasteiger partial charge in [-0.1, -0.05) is 0 Å². The number of hydrogen-bond donors (Lipinski definition) is 2. The molecule has 2 atom stereocenters. The van der Waals surface area contributed by atoms with Gasteiger partial charge in [-0.05, 0) is 63.1 Å². The van der Waals surface area contributed by atoms with Gasteiger partial charge in [-0.25, -0.2) is 13.2 Å². The summed E-state index contributed by atoms with van der Waals surface area (Å²) in [5.41, 5.74) is 5.97. The molecule has 0 amide bonds. The van der Waals surface area contributed by atoms with Crippen LogP contribution in [0.3, 0.4) is 0 Å². The van der Waals surface area contributed by atoms with Gasteiger partial charge in [0.05, 0.1) is 12.7 Å². The van der Waals surface area contributed by atoms with Crippen LogP contribution in [0, 0.1) is 17.5 Å². The first kappa shape index (κ1) is 17.7. The second kappa shape index (κ2) is 7.85. The Bertz CT molecular complexity index is 561. The first-order valence-electron chi connectivity index (χ1n) is 8.80. The number of ether oxygens (including phenoxy) is 1. The lowest BCUT2D eigenvalue weighted by Gasteiger charge is -2.33. The number of benzene rings is 1. The average Bonchev–Trinajstić information content (AvgIpc) is 2.59. The van der Waals surface area contributed by atoms with E-state index in [-0.39, 0.29) is 29.7 Å². The number of nitrogens with one attached hydrogen (secondary N) is 1. The fourth-order valence-corrected chi connectivity index (χ4v) is 3.84. The van der Waals surface area contributed by atoms with Crippen molar-refractivity contribution < 1.29 is 17.9 Å². The molecule has 1 aromatic rings. The molecule has 3 N–H and O–H groups in total. The summed E-state index contributed by atoms with van der Waals surface area (Å²) < 4.78 is 47.1. The van der Waals surface area contributed by atoms with E-state index in [9.17, 15) is 13.2 Å². The predicted octanol–water partition coefficient (Wildman–Crippen LogP) is 3.23. The maximum Gasteiger partial charge on any atom is 0.165 e. The van der Waals surface area contributed by atoms with E-state index in [0.29, 0.717) is 19.4 Å². The van der Waals surface area contributed by atoms with Crippen LogP contribution in [0.25, 0.3) is 0 Å². The van der Waals surface area contributed by atoms with Gasteiger partial charge in [-0.2, -0.15) is 0 Å². The third-order valence-electron chi connectivity index (χ3n) is 5.31. The fourth-order valence-electron chi connectivity index (χ4n) is 3.84. The summed E-state index contributed by atoms with van der Waals surface area (Å²) in [5.74, 6) is -2.97. The van der Waals surface area contributed by atoms with Crippen molar-refractivity contribution in [3.8, 4) is 0 Å². The molecule has 0 radical (unpaired) electrons. The minimum Gasteiger partial charge on any atom is -0.377 e. The summed E-state index contributed by atoms with van der Waals surface area (Å²) in [4.78, 5) is 0. The largest absolute Gasteiger partial charge is 0.377 e. The quantitative estimate of drug-likeness (QED) is 0.826. The molecule has 2 fully saturated rings. The van der Waals surface area contributed by atoms with E-state index in [0.717, 1.165) is 44.4 Å². The lowest BCUT2D eigenvalue weighted by Crippen LogP contribution is -2.52. The molecule has 1 unspecified atom stereocenters. The van der Waals surface area contributed by atoms with Crippen molar-refractivity contribution >= 4 is 0 Å². The van der Waals surface area contributed by atoms with Gasteiger partial charge in [0.2, 0.25) is 0 Å². The molecule has 0 spiro atoms. The highest BCUT2D eigenvalue weighted by atomic mass is 19.2. The van der Waals surface area contributed by atoms with Crippen LogP contribution in [-0.4, -0.2) is 31.3 Å². The Kier molecular flexibility index (Phi) is 5.79. The number of rotatable bonds is 4. The van der Waals surface area contributed by atoms with Gasteiger partial charge in [-0.3, -0.25) is 0 Å². The number of piperidine rings is 1. The second-order valence-corrected chi connectivity index (χ2v) is 6.93. The van der Waals surface area contributed by atoms with Crippen molar-refractivity contribution in [1.29, 1.82) is 0 Å². The van der Waals surface area contributed by atoms with E-state index in [2.05, 4.69) is 5.32 Å². The Labute approximate surface area is 140 Å². The van der Waals surface area contributed by atoms with Crippen LogP contribution in [0.1, 0.15) is 50.0 Å². The van der Waals surface area contributed by atoms with Gasteiger partial charge in [0.15, 0.2) is 11.6 Å². The molecule has 3 nitrogen and oxygen atoms in total. The fraction of sp³-hybridized carbons (Fsp3) is 0.667. The molecular formula is C18H25F3N2O. The van der Waals surface area contributed by atoms with Gasteiger partial charge in [-0.15, -0.1) is 0 Å². The normalized spacial score (nSPS) is 31.2. The zero-order chi connectivity index (χ0) is 17.1. The molecule has 134 valence electrons. The van der Waals surface area contributed by atoms with Crippen molar-refractivity contribution in [2.45, 2.75) is 62.6 Å². The Balaban J connectivity index is 1.52. The van der Waals surface area contributed by atoms with Crippen LogP contribution in [0.15, 0.2) is 12.1 Å². The number of halogens is 3.